The van der Waals surface area contributed by atoms with Crippen LogP contribution in [0.25, 0.3) is 16.8 Å². The normalized spacial score (nSPS) is 10.2. The first-order valence-electron chi connectivity index (χ1n) is 5.03. The molecule has 0 aliphatic heterocycles. The van der Waals surface area contributed by atoms with Crippen molar-refractivity contribution in [3.63, 3.8) is 0 Å². The highest BCUT2D eigenvalue weighted by Gasteiger charge is 2.06. The van der Waals surface area contributed by atoms with Gasteiger partial charge in [0.05, 0.1) is 11.3 Å². The van der Waals surface area contributed by atoms with Crippen molar-refractivity contribution in [2.45, 2.75) is 6.92 Å². The van der Waals surface area contributed by atoms with Crippen LogP contribution in [-0.2, 0) is 0 Å². The third-order valence-electron chi connectivity index (χ3n) is 2.30. The summed E-state index contributed by atoms with van der Waals surface area (Å²) in [6, 6.07) is 6.69. The van der Waals surface area contributed by atoms with Gasteiger partial charge in [0.2, 0.25) is 0 Å². The zero-order valence-corrected chi connectivity index (χ0v) is 10.1. The third-order valence-corrected chi connectivity index (χ3v) is 3.30. The van der Waals surface area contributed by atoms with Crippen LogP contribution in [0, 0.1) is 0 Å². The maximum Gasteiger partial charge on any atom is 0.335 e. The van der Waals surface area contributed by atoms with Gasteiger partial charge < -0.3 is 5.11 Å². The van der Waals surface area contributed by atoms with E-state index in [9.17, 15) is 4.79 Å². The molecule has 0 spiro atoms. The molecular weight excluding hydrogens is 234 g/mol. The lowest BCUT2D eigenvalue weighted by atomic mass is 10.1. The molecule has 0 radical (unpaired) electrons. The van der Waals surface area contributed by atoms with E-state index in [2.05, 4.69) is 11.6 Å². The Kier molecular flexibility index (Phi) is 3.06. The second-order valence-electron chi connectivity index (χ2n) is 3.70. The minimum Gasteiger partial charge on any atom is -0.478 e. The quantitative estimate of drug-likeness (QED) is 0.899. The summed E-state index contributed by atoms with van der Waals surface area (Å²) in [5.41, 5.74) is 2.98. The third kappa shape index (κ3) is 2.42. The number of rotatable bonds is 3. The lowest BCUT2D eigenvalue weighted by Gasteiger charge is -1.98. The molecule has 1 heterocycles. The molecule has 0 amide bonds. The lowest BCUT2D eigenvalue weighted by molar-refractivity contribution is 0.0697. The van der Waals surface area contributed by atoms with E-state index in [1.54, 1.807) is 24.3 Å². The SMILES string of the molecule is C=C(C)c1nc(-c2ccc(C(=O)O)cc2)cs1. The number of benzene rings is 1. The number of carboxylic acid groups (broad SMARTS) is 1. The van der Waals surface area contributed by atoms with Gasteiger partial charge in [-0.1, -0.05) is 18.7 Å². The Morgan fingerprint density at radius 3 is 2.47 bits per heavy atom. The average molecular weight is 245 g/mol. The summed E-state index contributed by atoms with van der Waals surface area (Å²) in [5, 5.41) is 11.6. The van der Waals surface area contributed by atoms with E-state index in [4.69, 9.17) is 5.11 Å². The van der Waals surface area contributed by atoms with Crippen molar-refractivity contribution >= 4 is 22.9 Å². The molecule has 0 saturated carbocycles. The fourth-order valence-electron chi connectivity index (χ4n) is 1.39. The Labute approximate surface area is 103 Å². The van der Waals surface area contributed by atoms with Gasteiger partial charge in [-0.2, -0.15) is 0 Å². The van der Waals surface area contributed by atoms with Gasteiger partial charge >= 0.3 is 5.97 Å². The van der Waals surface area contributed by atoms with Gasteiger partial charge in [0.25, 0.3) is 0 Å². The summed E-state index contributed by atoms with van der Waals surface area (Å²) in [6.45, 7) is 5.75. The summed E-state index contributed by atoms with van der Waals surface area (Å²) in [6.07, 6.45) is 0. The number of thiazole rings is 1. The molecule has 0 fully saturated rings. The molecule has 0 unspecified atom stereocenters. The van der Waals surface area contributed by atoms with Crippen molar-refractivity contribution in [3.05, 3.63) is 46.8 Å². The second-order valence-corrected chi connectivity index (χ2v) is 4.56. The van der Waals surface area contributed by atoms with E-state index in [1.807, 2.05) is 12.3 Å². The monoisotopic (exact) mass is 245 g/mol. The molecule has 17 heavy (non-hydrogen) atoms. The zero-order valence-electron chi connectivity index (χ0n) is 9.30. The number of carbonyl (C=O) groups is 1. The number of aromatic carboxylic acids is 1. The molecule has 0 bridgehead atoms. The highest BCUT2D eigenvalue weighted by molar-refractivity contribution is 7.11. The van der Waals surface area contributed by atoms with E-state index >= 15 is 0 Å². The van der Waals surface area contributed by atoms with Crippen molar-refractivity contribution < 1.29 is 9.90 Å². The van der Waals surface area contributed by atoms with E-state index in [1.165, 1.54) is 11.3 Å². The molecule has 3 nitrogen and oxygen atoms in total. The van der Waals surface area contributed by atoms with Crippen LogP contribution in [0.5, 0.6) is 0 Å². The van der Waals surface area contributed by atoms with Crippen LogP contribution < -0.4 is 0 Å². The molecule has 0 saturated heterocycles. The lowest BCUT2D eigenvalue weighted by Crippen LogP contribution is -1.94. The molecule has 1 N–H and O–H groups in total. The van der Waals surface area contributed by atoms with Crippen LogP contribution in [0.4, 0.5) is 0 Å². The number of hydrogen-bond acceptors (Lipinski definition) is 3. The van der Waals surface area contributed by atoms with Gasteiger partial charge in [-0.05, 0) is 24.6 Å². The van der Waals surface area contributed by atoms with E-state index in [0.717, 1.165) is 21.8 Å². The Balaban J connectivity index is 2.33. The molecule has 1 aromatic heterocycles. The molecule has 4 heteroatoms. The molecule has 2 rings (SSSR count). The van der Waals surface area contributed by atoms with Crippen molar-refractivity contribution in [3.8, 4) is 11.3 Å². The van der Waals surface area contributed by atoms with E-state index in [0.29, 0.717) is 0 Å². The number of aromatic nitrogens is 1. The Bertz CT molecular complexity index is 569. The van der Waals surface area contributed by atoms with Crippen LogP contribution >= 0.6 is 11.3 Å². The molecule has 0 aliphatic carbocycles. The topological polar surface area (TPSA) is 50.2 Å². The summed E-state index contributed by atoms with van der Waals surface area (Å²) in [5.74, 6) is -0.919. The highest BCUT2D eigenvalue weighted by atomic mass is 32.1. The minimum absolute atomic E-state index is 0.282. The summed E-state index contributed by atoms with van der Waals surface area (Å²) >= 11 is 1.54. The molecule has 0 aliphatic rings. The van der Waals surface area contributed by atoms with Crippen LogP contribution in [0.1, 0.15) is 22.3 Å². The first kappa shape index (κ1) is 11.5. The second kappa shape index (κ2) is 4.51. The molecule has 86 valence electrons. The van der Waals surface area contributed by atoms with Crippen molar-refractivity contribution in [2.24, 2.45) is 0 Å². The van der Waals surface area contributed by atoms with Gasteiger partial charge in [-0.15, -0.1) is 11.3 Å². The molecule has 1 aromatic carbocycles. The maximum absolute atomic E-state index is 10.7. The van der Waals surface area contributed by atoms with Gasteiger partial charge in [0.1, 0.15) is 5.01 Å². The van der Waals surface area contributed by atoms with Gasteiger partial charge in [-0.25, -0.2) is 9.78 Å². The molecule has 0 atom stereocenters. The van der Waals surface area contributed by atoms with E-state index in [-0.39, 0.29) is 5.56 Å². The Morgan fingerprint density at radius 2 is 2.00 bits per heavy atom. The smallest absolute Gasteiger partial charge is 0.335 e. The van der Waals surface area contributed by atoms with Crippen molar-refractivity contribution in [1.29, 1.82) is 0 Å². The fraction of sp³-hybridized carbons (Fsp3) is 0.0769. The number of carboxylic acids is 1. The highest BCUT2D eigenvalue weighted by Crippen LogP contribution is 2.25. The van der Waals surface area contributed by atoms with Crippen LogP contribution in [0.2, 0.25) is 0 Å². The van der Waals surface area contributed by atoms with Crippen LogP contribution in [0.3, 0.4) is 0 Å². The summed E-state index contributed by atoms with van der Waals surface area (Å²) < 4.78 is 0. The number of nitrogens with zero attached hydrogens (tertiary/aromatic N) is 1. The first-order valence-corrected chi connectivity index (χ1v) is 5.91. The average Bonchev–Trinajstić information content (AvgIpc) is 2.78. The summed E-state index contributed by atoms with van der Waals surface area (Å²) in [4.78, 5) is 15.1. The maximum atomic E-state index is 10.7. The predicted molar refractivity (Wildman–Crippen MR) is 69.2 cm³/mol. The minimum atomic E-state index is -0.919. The van der Waals surface area contributed by atoms with Crippen LogP contribution in [0.15, 0.2) is 36.2 Å². The predicted octanol–water partition coefficient (Wildman–Crippen LogP) is 3.54. The largest absolute Gasteiger partial charge is 0.478 e. The van der Waals surface area contributed by atoms with Gasteiger partial charge in [0, 0.05) is 10.9 Å². The Hall–Kier alpha value is -1.94. The van der Waals surface area contributed by atoms with Crippen molar-refractivity contribution in [1.82, 2.24) is 4.98 Å². The molecule has 2 aromatic rings. The first-order chi connectivity index (χ1) is 8.08. The standard InChI is InChI=1S/C13H11NO2S/c1-8(2)12-14-11(7-17-12)9-3-5-10(6-4-9)13(15)16/h3-7H,1H2,2H3,(H,15,16). The van der Waals surface area contributed by atoms with E-state index < -0.39 is 5.97 Å². The van der Waals surface area contributed by atoms with Crippen LogP contribution in [-0.4, -0.2) is 16.1 Å². The van der Waals surface area contributed by atoms with Crippen molar-refractivity contribution in [2.75, 3.05) is 0 Å². The molecular formula is C13H11NO2S. The number of allylic oxidation sites excluding steroid dienone is 1. The fourth-order valence-corrected chi connectivity index (χ4v) is 2.15. The zero-order chi connectivity index (χ0) is 12.4. The summed E-state index contributed by atoms with van der Waals surface area (Å²) in [7, 11) is 0. The number of hydrogen-bond donors (Lipinski definition) is 1. The van der Waals surface area contributed by atoms with Gasteiger partial charge in [0.15, 0.2) is 0 Å². The van der Waals surface area contributed by atoms with Gasteiger partial charge in [-0.3, -0.25) is 0 Å². The Morgan fingerprint density at radius 1 is 1.35 bits per heavy atom.